The van der Waals surface area contributed by atoms with Crippen LogP contribution in [0.2, 0.25) is 0 Å². The summed E-state index contributed by atoms with van der Waals surface area (Å²) in [5.74, 6) is 0. The lowest BCUT2D eigenvalue weighted by molar-refractivity contribution is 0.220. The van der Waals surface area contributed by atoms with Gasteiger partial charge in [0.2, 0.25) is 0 Å². The first kappa shape index (κ1) is 9.69. The van der Waals surface area contributed by atoms with E-state index in [9.17, 15) is 8.96 Å². The summed E-state index contributed by atoms with van der Waals surface area (Å²) < 4.78 is 40.3. The number of halogens is 1. The van der Waals surface area contributed by atoms with Gasteiger partial charge < -0.3 is 9.05 Å². The predicted octanol–water partition coefficient (Wildman–Crippen LogP) is 2.85. The molecule has 0 fully saturated rings. The molecule has 3 nitrogen and oxygen atoms in total. The van der Waals surface area contributed by atoms with Crippen molar-refractivity contribution < 1.29 is 19.4 Å². The molecule has 70 valence electrons. The first-order valence-corrected chi connectivity index (χ1v) is 5.03. The maximum absolute atomic E-state index is 13.0. The molecular weight excluding hydrogens is 182 g/mol. The van der Waals surface area contributed by atoms with E-state index in [1.165, 1.54) is 0 Å². The first-order chi connectivity index (χ1) is 6.10. The molecule has 0 atom stereocenters. The second-order valence-electron chi connectivity index (χ2n) is 1.77. The van der Waals surface area contributed by atoms with E-state index in [0.29, 0.717) is 6.55 Å². The molecule has 0 aliphatic carbocycles. The van der Waals surface area contributed by atoms with Gasteiger partial charge in [-0.2, -0.15) is 4.39 Å². The Balaban J connectivity index is 4.78. The zero-order valence-electron chi connectivity index (χ0n) is 8.04. The average molecular weight is 195 g/mol. The van der Waals surface area contributed by atoms with Gasteiger partial charge in [0.05, 0.1) is 14.6 Å². The smallest absolute Gasteiger partial charge is 0.303 e. The van der Waals surface area contributed by atoms with Crippen LogP contribution in [0.5, 0.6) is 0 Å². The molecule has 0 saturated heterocycles. The van der Waals surface area contributed by atoms with E-state index in [2.05, 4.69) is 9.05 Å². The lowest BCUT2D eigenvalue weighted by Gasteiger charge is -2.12. The number of rotatable bonds is 5. The summed E-state index contributed by atoms with van der Waals surface area (Å²) in [5.41, 5.74) is 0.673. The van der Waals surface area contributed by atoms with Crippen LogP contribution in [0.25, 0.3) is 0 Å². The molecule has 0 spiro atoms. The van der Waals surface area contributed by atoms with E-state index in [1.807, 2.05) is 5.73 Å². The van der Waals surface area contributed by atoms with Gasteiger partial charge in [0, 0.05) is 0 Å². The zero-order chi connectivity index (χ0) is 10.3. The molecule has 0 saturated carbocycles. The molecule has 12 heavy (non-hydrogen) atoms. The van der Waals surface area contributed by atoms with Crippen molar-refractivity contribution >= 4 is 7.60 Å². The summed E-state index contributed by atoms with van der Waals surface area (Å²) in [4.78, 5) is 0. The highest BCUT2D eigenvalue weighted by Gasteiger charge is 2.29. The van der Waals surface area contributed by atoms with Gasteiger partial charge in [0.25, 0.3) is 5.57 Å². The van der Waals surface area contributed by atoms with Gasteiger partial charge in [0.15, 0.2) is 0 Å². The third-order valence-electron chi connectivity index (χ3n) is 0.958. The fourth-order valence-electron chi connectivity index (χ4n) is 0.570. The van der Waals surface area contributed by atoms with E-state index >= 15 is 0 Å². The van der Waals surface area contributed by atoms with Crippen LogP contribution in [-0.4, -0.2) is 13.2 Å². The standard InChI is InChI=1S/C7H12FO3P/c1-4-7(8)12(9,10-5-2)11-6-3/h1,5-6H2,2-3H3/i1D. The van der Waals surface area contributed by atoms with Gasteiger partial charge in [-0.05, 0) is 13.8 Å². The first-order valence-electron chi connectivity index (χ1n) is 4.07. The SMILES string of the molecule is [2H]C=C=C(F)P(=O)(OCC)OCC. The van der Waals surface area contributed by atoms with Gasteiger partial charge in [0.1, 0.15) is 0 Å². The Bertz CT molecular complexity index is 250. The van der Waals surface area contributed by atoms with E-state index in [1.54, 1.807) is 13.8 Å². The molecule has 0 aromatic rings. The number of hydrogen-bond acceptors (Lipinski definition) is 3. The fraction of sp³-hybridized carbons (Fsp3) is 0.571. The lowest BCUT2D eigenvalue weighted by atomic mass is 10.9. The monoisotopic (exact) mass is 195 g/mol. The highest BCUT2D eigenvalue weighted by molar-refractivity contribution is 7.58. The Hall–Kier alpha value is -0.400. The van der Waals surface area contributed by atoms with Crippen molar-refractivity contribution in [1.82, 2.24) is 0 Å². The van der Waals surface area contributed by atoms with Crippen LogP contribution in [-0.2, 0) is 13.6 Å². The molecular formula is C7H12FO3P. The van der Waals surface area contributed by atoms with E-state index < -0.39 is 13.2 Å². The van der Waals surface area contributed by atoms with Crippen molar-refractivity contribution in [2.24, 2.45) is 0 Å². The lowest BCUT2D eigenvalue weighted by Crippen LogP contribution is -1.95. The Labute approximate surface area is 72.8 Å². The summed E-state index contributed by atoms with van der Waals surface area (Å²) >= 11 is 0. The van der Waals surface area contributed by atoms with Crippen LogP contribution in [0.1, 0.15) is 15.2 Å². The molecule has 0 heterocycles. The summed E-state index contributed by atoms with van der Waals surface area (Å²) in [6.45, 7) is 3.86. The topological polar surface area (TPSA) is 35.5 Å². The van der Waals surface area contributed by atoms with Crippen LogP contribution < -0.4 is 0 Å². The van der Waals surface area contributed by atoms with Crippen LogP contribution >= 0.6 is 7.60 Å². The van der Waals surface area contributed by atoms with Crippen molar-refractivity contribution in [3.05, 3.63) is 17.9 Å². The molecule has 0 aliphatic heterocycles. The second kappa shape index (κ2) is 5.28. The fourth-order valence-corrected chi connectivity index (χ4v) is 1.71. The van der Waals surface area contributed by atoms with Gasteiger partial charge in [-0.3, -0.25) is 4.57 Å². The van der Waals surface area contributed by atoms with Crippen molar-refractivity contribution in [1.29, 1.82) is 0 Å². The third kappa shape index (κ3) is 2.92. The summed E-state index contributed by atoms with van der Waals surface area (Å²) in [6, 6.07) is 0. The van der Waals surface area contributed by atoms with Crippen LogP contribution in [0.15, 0.2) is 17.9 Å². The summed E-state index contributed by atoms with van der Waals surface area (Å²) in [6.07, 6.45) is 0. The molecule has 0 aromatic heterocycles. The highest BCUT2D eigenvalue weighted by atomic mass is 31.2. The Morgan fingerprint density at radius 2 is 2.17 bits per heavy atom. The summed E-state index contributed by atoms with van der Waals surface area (Å²) in [5, 5.41) is 0. The molecule has 0 radical (unpaired) electrons. The van der Waals surface area contributed by atoms with Crippen molar-refractivity contribution in [3.8, 4) is 0 Å². The zero-order valence-corrected chi connectivity index (χ0v) is 7.94. The predicted molar refractivity (Wildman–Crippen MR) is 44.6 cm³/mol. The van der Waals surface area contributed by atoms with Crippen molar-refractivity contribution in [2.75, 3.05) is 13.2 Å². The minimum Gasteiger partial charge on any atom is -0.303 e. The Morgan fingerprint density at radius 3 is 2.50 bits per heavy atom. The molecule has 5 heteroatoms. The van der Waals surface area contributed by atoms with E-state index in [4.69, 9.17) is 1.37 Å². The van der Waals surface area contributed by atoms with Crippen molar-refractivity contribution in [3.63, 3.8) is 0 Å². The quantitative estimate of drug-likeness (QED) is 0.499. The number of hydrogen-bond donors (Lipinski definition) is 0. The Morgan fingerprint density at radius 1 is 1.67 bits per heavy atom. The molecule has 0 bridgehead atoms. The minimum atomic E-state index is -3.84. The second-order valence-corrected chi connectivity index (χ2v) is 3.67. The van der Waals surface area contributed by atoms with Crippen LogP contribution in [0.3, 0.4) is 0 Å². The largest absolute Gasteiger partial charge is 0.397 e. The third-order valence-corrected chi connectivity index (χ3v) is 2.76. The average Bonchev–Trinajstić information content (AvgIpc) is 2.05. The van der Waals surface area contributed by atoms with Crippen molar-refractivity contribution in [2.45, 2.75) is 13.8 Å². The Kier molecular flexibility index (Phi) is 4.26. The van der Waals surface area contributed by atoms with Crippen LogP contribution in [0.4, 0.5) is 4.39 Å². The van der Waals surface area contributed by atoms with E-state index in [0.717, 1.165) is 0 Å². The molecule has 0 rings (SSSR count). The molecule has 0 amide bonds. The normalized spacial score (nSPS) is 11.8. The summed E-state index contributed by atoms with van der Waals surface area (Å²) in [7, 11) is -3.84. The van der Waals surface area contributed by atoms with Gasteiger partial charge >= 0.3 is 7.60 Å². The van der Waals surface area contributed by atoms with Crippen LogP contribution in [0, 0.1) is 0 Å². The van der Waals surface area contributed by atoms with E-state index in [-0.39, 0.29) is 13.2 Å². The van der Waals surface area contributed by atoms with Gasteiger partial charge in [-0.15, -0.1) is 0 Å². The maximum Gasteiger partial charge on any atom is 0.397 e. The van der Waals surface area contributed by atoms with Gasteiger partial charge in [-0.1, -0.05) is 12.3 Å². The maximum atomic E-state index is 13.0. The van der Waals surface area contributed by atoms with Gasteiger partial charge in [-0.25, -0.2) is 0 Å². The molecule has 0 aromatic carbocycles. The molecule has 0 unspecified atom stereocenters. The highest BCUT2D eigenvalue weighted by Crippen LogP contribution is 2.55. The molecule has 0 aliphatic rings. The minimum absolute atomic E-state index is 0.0738. The molecule has 0 N–H and O–H groups in total.